The molecule has 0 radical (unpaired) electrons. The second kappa shape index (κ2) is 3.62. The van der Waals surface area contributed by atoms with Gasteiger partial charge < -0.3 is 5.32 Å². The first kappa shape index (κ1) is 8.84. The Morgan fingerprint density at radius 1 is 1.06 bits per heavy atom. The van der Waals surface area contributed by atoms with E-state index in [0.29, 0.717) is 5.95 Å². The van der Waals surface area contributed by atoms with Gasteiger partial charge in [0.05, 0.1) is 0 Å². The summed E-state index contributed by atoms with van der Waals surface area (Å²) in [5, 5.41) is 7.39. The fourth-order valence-electron chi connectivity index (χ4n) is 1.45. The Bertz CT molecular complexity index is 569. The zero-order valence-electron chi connectivity index (χ0n) is 8.41. The molecule has 0 amide bonds. The van der Waals surface area contributed by atoms with Crippen molar-refractivity contribution in [2.75, 3.05) is 5.32 Å². The van der Waals surface area contributed by atoms with E-state index in [1.54, 1.807) is 16.9 Å². The summed E-state index contributed by atoms with van der Waals surface area (Å²) >= 11 is 0. The molecule has 3 rings (SSSR count). The van der Waals surface area contributed by atoms with Crippen LogP contribution in [-0.2, 0) is 0 Å². The number of rotatable bonds is 2. The van der Waals surface area contributed by atoms with Crippen LogP contribution >= 0.6 is 0 Å². The molecule has 0 aliphatic carbocycles. The lowest BCUT2D eigenvalue weighted by Crippen LogP contribution is -1.92. The Kier molecular flexibility index (Phi) is 2.00. The molecule has 0 fully saturated rings. The highest BCUT2D eigenvalue weighted by molar-refractivity contribution is 5.54. The molecule has 0 aromatic carbocycles. The van der Waals surface area contributed by atoms with Crippen LogP contribution in [0.25, 0.3) is 5.65 Å². The molecule has 3 aromatic rings. The fourth-order valence-corrected chi connectivity index (χ4v) is 1.45. The Hall–Kier alpha value is -2.43. The molecule has 0 aliphatic rings. The van der Waals surface area contributed by atoms with Crippen molar-refractivity contribution in [3.63, 3.8) is 0 Å². The summed E-state index contributed by atoms with van der Waals surface area (Å²) < 4.78 is 1.73. The van der Waals surface area contributed by atoms with Crippen LogP contribution in [0.3, 0.4) is 0 Å². The van der Waals surface area contributed by atoms with Crippen molar-refractivity contribution in [1.82, 2.24) is 19.6 Å². The van der Waals surface area contributed by atoms with Crippen LogP contribution in [0.5, 0.6) is 0 Å². The summed E-state index contributed by atoms with van der Waals surface area (Å²) in [5.74, 6) is 0.581. The molecule has 16 heavy (non-hydrogen) atoms. The summed E-state index contributed by atoms with van der Waals surface area (Å²) in [4.78, 5) is 8.27. The van der Waals surface area contributed by atoms with Gasteiger partial charge >= 0.3 is 0 Å². The third-order valence-electron chi connectivity index (χ3n) is 2.18. The third kappa shape index (κ3) is 1.58. The molecular weight excluding hydrogens is 202 g/mol. The number of nitrogens with one attached hydrogen (secondary N) is 1. The van der Waals surface area contributed by atoms with Crippen LogP contribution in [0, 0.1) is 0 Å². The standard InChI is InChI=1S/C11H9N5/c1-2-8-16-10(3-1)14-11(15-16)13-9-4-6-12-7-5-9/h1-8H,(H,12,13,15). The molecule has 5 heteroatoms. The highest BCUT2D eigenvalue weighted by atomic mass is 15.3. The summed E-state index contributed by atoms with van der Waals surface area (Å²) in [5.41, 5.74) is 1.74. The van der Waals surface area contributed by atoms with Gasteiger partial charge in [-0.2, -0.15) is 4.98 Å². The van der Waals surface area contributed by atoms with E-state index in [2.05, 4.69) is 20.4 Å². The molecule has 3 heterocycles. The first-order chi connectivity index (χ1) is 7.92. The molecule has 0 saturated carbocycles. The van der Waals surface area contributed by atoms with Gasteiger partial charge in [0.1, 0.15) is 0 Å². The minimum absolute atomic E-state index is 0.581. The van der Waals surface area contributed by atoms with Gasteiger partial charge in [-0.3, -0.25) is 4.98 Å². The summed E-state index contributed by atoms with van der Waals surface area (Å²) in [6.07, 6.45) is 5.30. The van der Waals surface area contributed by atoms with Crippen molar-refractivity contribution < 1.29 is 0 Å². The highest BCUT2D eigenvalue weighted by Crippen LogP contribution is 2.11. The van der Waals surface area contributed by atoms with Crippen LogP contribution < -0.4 is 5.32 Å². The number of aromatic nitrogens is 4. The van der Waals surface area contributed by atoms with Crippen LogP contribution in [0.2, 0.25) is 0 Å². The van der Waals surface area contributed by atoms with Crippen LogP contribution in [0.15, 0.2) is 48.9 Å². The van der Waals surface area contributed by atoms with Crippen molar-refractivity contribution in [3.8, 4) is 0 Å². The van der Waals surface area contributed by atoms with Crippen molar-refractivity contribution in [2.24, 2.45) is 0 Å². The minimum atomic E-state index is 0.581. The maximum atomic E-state index is 4.33. The number of pyridine rings is 2. The lowest BCUT2D eigenvalue weighted by atomic mass is 10.4. The lowest BCUT2D eigenvalue weighted by molar-refractivity contribution is 0.965. The van der Waals surface area contributed by atoms with Crippen LogP contribution in [0.1, 0.15) is 0 Å². The Morgan fingerprint density at radius 2 is 1.94 bits per heavy atom. The molecule has 0 atom stereocenters. The largest absolute Gasteiger partial charge is 0.323 e. The monoisotopic (exact) mass is 211 g/mol. The number of hydrogen-bond acceptors (Lipinski definition) is 4. The lowest BCUT2D eigenvalue weighted by Gasteiger charge is -1.98. The predicted molar refractivity (Wildman–Crippen MR) is 60.5 cm³/mol. The zero-order chi connectivity index (χ0) is 10.8. The maximum absolute atomic E-state index is 4.33. The van der Waals surface area contributed by atoms with Gasteiger partial charge in [-0.15, -0.1) is 5.10 Å². The van der Waals surface area contributed by atoms with Crippen LogP contribution in [-0.4, -0.2) is 19.6 Å². The average Bonchev–Trinajstić information content (AvgIpc) is 2.72. The minimum Gasteiger partial charge on any atom is -0.323 e. The zero-order valence-corrected chi connectivity index (χ0v) is 8.41. The first-order valence-electron chi connectivity index (χ1n) is 4.90. The average molecular weight is 211 g/mol. The summed E-state index contributed by atoms with van der Waals surface area (Å²) in [6, 6.07) is 9.49. The van der Waals surface area contributed by atoms with E-state index in [4.69, 9.17) is 0 Å². The van der Waals surface area contributed by atoms with Crippen molar-refractivity contribution in [3.05, 3.63) is 48.9 Å². The van der Waals surface area contributed by atoms with Gasteiger partial charge in [0, 0.05) is 24.3 Å². The van der Waals surface area contributed by atoms with E-state index in [-0.39, 0.29) is 0 Å². The summed E-state index contributed by atoms with van der Waals surface area (Å²) in [7, 11) is 0. The van der Waals surface area contributed by atoms with E-state index in [9.17, 15) is 0 Å². The smallest absolute Gasteiger partial charge is 0.247 e. The Morgan fingerprint density at radius 3 is 2.75 bits per heavy atom. The quantitative estimate of drug-likeness (QED) is 0.703. The van der Waals surface area contributed by atoms with Gasteiger partial charge in [0.15, 0.2) is 5.65 Å². The van der Waals surface area contributed by atoms with Gasteiger partial charge in [-0.25, -0.2) is 4.52 Å². The predicted octanol–water partition coefficient (Wildman–Crippen LogP) is 1.87. The SMILES string of the molecule is c1ccn2nc(Nc3ccncc3)nc2c1. The van der Waals surface area contributed by atoms with E-state index in [1.165, 1.54) is 0 Å². The van der Waals surface area contributed by atoms with Gasteiger partial charge in [-0.1, -0.05) is 6.07 Å². The maximum Gasteiger partial charge on any atom is 0.247 e. The van der Waals surface area contributed by atoms with Gasteiger partial charge in [0.25, 0.3) is 0 Å². The van der Waals surface area contributed by atoms with E-state index < -0.39 is 0 Å². The molecule has 0 aliphatic heterocycles. The number of anilines is 2. The normalized spacial score (nSPS) is 10.5. The van der Waals surface area contributed by atoms with E-state index >= 15 is 0 Å². The van der Waals surface area contributed by atoms with Gasteiger partial charge in [0.2, 0.25) is 5.95 Å². The Balaban J connectivity index is 1.95. The molecule has 0 bridgehead atoms. The van der Waals surface area contributed by atoms with Crippen molar-refractivity contribution in [1.29, 1.82) is 0 Å². The fraction of sp³-hybridized carbons (Fsp3) is 0. The van der Waals surface area contributed by atoms with Gasteiger partial charge in [-0.05, 0) is 24.3 Å². The molecule has 0 saturated heterocycles. The number of fused-ring (bicyclic) bond motifs is 1. The van der Waals surface area contributed by atoms with E-state index in [0.717, 1.165) is 11.3 Å². The third-order valence-corrected chi connectivity index (χ3v) is 2.18. The van der Waals surface area contributed by atoms with Crippen molar-refractivity contribution in [2.45, 2.75) is 0 Å². The molecule has 0 unspecified atom stereocenters. The molecule has 78 valence electrons. The second-order valence-corrected chi connectivity index (χ2v) is 3.30. The molecular formula is C11H9N5. The Labute approximate surface area is 91.8 Å². The highest BCUT2D eigenvalue weighted by Gasteiger charge is 2.01. The molecule has 1 N–H and O–H groups in total. The van der Waals surface area contributed by atoms with Crippen molar-refractivity contribution >= 4 is 17.3 Å². The number of nitrogens with zero attached hydrogens (tertiary/aromatic N) is 4. The molecule has 3 aromatic heterocycles. The number of hydrogen-bond donors (Lipinski definition) is 1. The molecule has 5 nitrogen and oxygen atoms in total. The summed E-state index contributed by atoms with van der Waals surface area (Å²) in [6.45, 7) is 0. The van der Waals surface area contributed by atoms with Crippen LogP contribution in [0.4, 0.5) is 11.6 Å². The second-order valence-electron chi connectivity index (χ2n) is 3.30. The first-order valence-corrected chi connectivity index (χ1v) is 4.90. The van der Waals surface area contributed by atoms with E-state index in [1.807, 2.05) is 36.5 Å². The molecule has 0 spiro atoms. The topological polar surface area (TPSA) is 55.1 Å².